The van der Waals surface area contributed by atoms with E-state index in [0.29, 0.717) is 22.7 Å². The van der Waals surface area contributed by atoms with Gasteiger partial charge in [0.25, 0.3) is 5.91 Å². The molecule has 1 amide bonds. The number of carbonyl (C=O) groups is 1. The number of carbonyl (C=O) groups excluding carboxylic acids is 1. The fraction of sp³-hybridized carbons (Fsp3) is 0.111. The summed E-state index contributed by atoms with van der Waals surface area (Å²) in [6, 6.07) is 15.3. The molecule has 0 radical (unpaired) electrons. The first-order valence-electron chi connectivity index (χ1n) is 7.15. The number of amides is 1. The molecule has 23 heavy (non-hydrogen) atoms. The van der Waals surface area contributed by atoms with Crippen LogP contribution in [0.15, 0.2) is 57.5 Å². The number of nitrogens with zero attached hydrogens (tertiary/aromatic N) is 1. The highest BCUT2D eigenvalue weighted by atomic mass is 79.9. The lowest BCUT2D eigenvalue weighted by Gasteiger charge is -2.08. The number of halogens is 1. The van der Waals surface area contributed by atoms with E-state index >= 15 is 0 Å². The van der Waals surface area contributed by atoms with Crippen molar-refractivity contribution in [2.45, 2.75) is 13.8 Å². The summed E-state index contributed by atoms with van der Waals surface area (Å²) in [4.78, 5) is 12.7. The molecule has 0 saturated carbocycles. The first-order chi connectivity index (χ1) is 11.1. The Hall–Kier alpha value is -2.40. The molecule has 0 spiro atoms. The van der Waals surface area contributed by atoms with E-state index < -0.39 is 0 Å². The predicted octanol–water partition coefficient (Wildman–Crippen LogP) is 4.97. The summed E-state index contributed by atoms with van der Waals surface area (Å²) in [7, 11) is 0. The molecule has 0 atom stereocenters. The standard InChI is InChI=1S/C18H15BrN2O2/c1-11-8-9-15(14(19)10-11)20-18(22)16-12(2)23-21-17(16)13-6-4-3-5-7-13/h3-10H,1-2H3,(H,20,22). The van der Waals surface area contributed by atoms with Crippen molar-refractivity contribution in [3.8, 4) is 11.3 Å². The molecule has 4 nitrogen and oxygen atoms in total. The van der Waals surface area contributed by atoms with Gasteiger partial charge >= 0.3 is 0 Å². The smallest absolute Gasteiger partial charge is 0.261 e. The first kappa shape index (κ1) is 15.5. The molecule has 0 aliphatic rings. The Morgan fingerprint density at radius 2 is 1.87 bits per heavy atom. The van der Waals surface area contributed by atoms with Crippen molar-refractivity contribution in [1.82, 2.24) is 5.16 Å². The first-order valence-corrected chi connectivity index (χ1v) is 7.95. The number of hydrogen-bond donors (Lipinski definition) is 1. The Kier molecular flexibility index (Phi) is 4.30. The summed E-state index contributed by atoms with van der Waals surface area (Å²) in [6.45, 7) is 3.73. The van der Waals surface area contributed by atoms with E-state index in [9.17, 15) is 4.79 Å². The molecule has 0 unspecified atom stereocenters. The average Bonchev–Trinajstić information content (AvgIpc) is 2.93. The summed E-state index contributed by atoms with van der Waals surface area (Å²) in [6.07, 6.45) is 0. The van der Waals surface area contributed by atoms with Crippen LogP contribution in [0.25, 0.3) is 11.3 Å². The van der Waals surface area contributed by atoms with Crippen LogP contribution in [0.2, 0.25) is 0 Å². The van der Waals surface area contributed by atoms with Gasteiger partial charge in [-0.1, -0.05) is 41.6 Å². The summed E-state index contributed by atoms with van der Waals surface area (Å²) < 4.78 is 6.07. The van der Waals surface area contributed by atoms with Crippen LogP contribution >= 0.6 is 15.9 Å². The molecule has 3 aromatic rings. The Balaban J connectivity index is 1.96. The van der Waals surface area contributed by atoms with Crippen LogP contribution in [0.1, 0.15) is 21.7 Å². The summed E-state index contributed by atoms with van der Waals surface area (Å²) in [5, 5.41) is 6.94. The van der Waals surface area contributed by atoms with Crippen LogP contribution in [0.5, 0.6) is 0 Å². The van der Waals surface area contributed by atoms with Gasteiger partial charge in [0.15, 0.2) is 0 Å². The molecule has 5 heteroatoms. The maximum absolute atomic E-state index is 12.7. The van der Waals surface area contributed by atoms with Gasteiger partial charge in [0.2, 0.25) is 0 Å². The lowest BCUT2D eigenvalue weighted by Crippen LogP contribution is -2.14. The molecule has 1 heterocycles. The molecule has 116 valence electrons. The van der Waals surface area contributed by atoms with Gasteiger partial charge in [0.05, 0.1) is 5.69 Å². The van der Waals surface area contributed by atoms with Crippen LogP contribution in [-0.4, -0.2) is 11.1 Å². The van der Waals surface area contributed by atoms with Crippen molar-refractivity contribution in [1.29, 1.82) is 0 Å². The van der Waals surface area contributed by atoms with Crippen molar-refractivity contribution >= 4 is 27.5 Å². The summed E-state index contributed by atoms with van der Waals surface area (Å²) >= 11 is 3.47. The molecule has 0 saturated heterocycles. The quantitative estimate of drug-likeness (QED) is 0.707. The van der Waals surface area contributed by atoms with Crippen molar-refractivity contribution in [3.63, 3.8) is 0 Å². The molecule has 0 bridgehead atoms. The molecular formula is C18H15BrN2O2. The van der Waals surface area contributed by atoms with Gasteiger partial charge in [-0.25, -0.2) is 0 Å². The molecule has 0 fully saturated rings. The largest absolute Gasteiger partial charge is 0.360 e. The van der Waals surface area contributed by atoms with E-state index in [4.69, 9.17) is 4.52 Å². The Labute approximate surface area is 142 Å². The topological polar surface area (TPSA) is 55.1 Å². The van der Waals surface area contributed by atoms with E-state index in [1.54, 1.807) is 6.92 Å². The lowest BCUT2D eigenvalue weighted by atomic mass is 10.1. The normalized spacial score (nSPS) is 10.6. The monoisotopic (exact) mass is 370 g/mol. The third kappa shape index (κ3) is 3.19. The minimum atomic E-state index is -0.243. The Morgan fingerprint density at radius 3 is 2.57 bits per heavy atom. The minimum absolute atomic E-state index is 0.243. The van der Waals surface area contributed by atoms with Gasteiger partial charge in [-0.05, 0) is 47.5 Å². The number of benzene rings is 2. The Bertz CT molecular complexity index is 857. The van der Waals surface area contributed by atoms with Crippen molar-refractivity contribution in [2.24, 2.45) is 0 Å². The van der Waals surface area contributed by atoms with E-state index in [2.05, 4.69) is 26.4 Å². The molecule has 1 aromatic heterocycles. The number of rotatable bonds is 3. The van der Waals surface area contributed by atoms with Gasteiger partial charge in [-0.2, -0.15) is 0 Å². The highest BCUT2D eigenvalue weighted by Gasteiger charge is 2.22. The van der Waals surface area contributed by atoms with Crippen LogP contribution in [0, 0.1) is 13.8 Å². The summed E-state index contributed by atoms with van der Waals surface area (Å²) in [5.74, 6) is 0.247. The van der Waals surface area contributed by atoms with Crippen molar-refractivity contribution in [3.05, 3.63) is 69.9 Å². The van der Waals surface area contributed by atoms with E-state index in [1.807, 2.05) is 55.5 Å². The second-order valence-electron chi connectivity index (χ2n) is 5.27. The highest BCUT2D eigenvalue weighted by Crippen LogP contribution is 2.28. The van der Waals surface area contributed by atoms with Crippen molar-refractivity contribution in [2.75, 3.05) is 5.32 Å². The Morgan fingerprint density at radius 1 is 1.13 bits per heavy atom. The van der Waals surface area contributed by atoms with Gasteiger partial charge in [0.1, 0.15) is 17.0 Å². The molecule has 0 aliphatic carbocycles. The number of anilines is 1. The summed E-state index contributed by atoms with van der Waals surface area (Å²) in [5.41, 5.74) is 3.66. The number of nitrogens with one attached hydrogen (secondary N) is 1. The SMILES string of the molecule is Cc1ccc(NC(=O)c2c(-c3ccccc3)noc2C)c(Br)c1. The molecule has 3 rings (SSSR count). The van der Waals surface area contributed by atoms with E-state index in [-0.39, 0.29) is 5.91 Å². The fourth-order valence-corrected chi connectivity index (χ4v) is 2.93. The van der Waals surface area contributed by atoms with Crippen LogP contribution in [-0.2, 0) is 0 Å². The second kappa shape index (κ2) is 6.38. The van der Waals surface area contributed by atoms with Gasteiger partial charge < -0.3 is 9.84 Å². The van der Waals surface area contributed by atoms with Gasteiger partial charge in [-0.15, -0.1) is 0 Å². The molecule has 1 N–H and O–H groups in total. The zero-order chi connectivity index (χ0) is 16.4. The third-order valence-corrected chi connectivity index (χ3v) is 4.17. The van der Waals surface area contributed by atoms with Gasteiger partial charge in [-0.3, -0.25) is 4.79 Å². The molecule has 2 aromatic carbocycles. The maximum Gasteiger partial charge on any atom is 0.261 e. The van der Waals surface area contributed by atoms with Crippen molar-refractivity contribution < 1.29 is 9.32 Å². The van der Waals surface area contributed by atoms with Gasteiger partial charge in [0, 0.05) is 10.0 Å². The van der Waals surface area contributed by atoms with E-state index in [1.165, 1.54) is 0 Å². The predicted molar refractivity (Wildman–Crippen MR) is 93.5 cm³/mol. The average molecular weight is 371 g/mol. The zero-order valence-corrected chi connectivity index (χ0v) is 14.3. The van der Waals surface area contributed by atoms with Crippen LogP contribution in [0.4, 0.5) is 5.69 Å². The van der Waals surface area contributed by atoms with Crippen LogP contribution in [0.3, 0.4) is 0 Å². The highest BCUT2D eigenvalue weighted by molar-refractivity contribution is 9.10. The third-order valence-electron chi connectivity index (χ3n) is 3.51. The maximum atomic E-state index is 12.7. The number of aryl methyl sites for hydroxylation is 2. The minimum Gasteiger partial charge on any atom is -0.360 e. The zero-order valence-electron chi connectivity index (χ0n) is 12.8. The fourth-order valence-electron chi connectivity index (χ4n) is 2.34. The number of aromatic nitrogens is 1. The van der Waals surface area contributed by atoms with E-state index in [0.717, 1.165) is 15.6 Å². The van der Waals surface area contributed by atoms with Crippen LogP contribution < -0.4 is 5.32 Å². The lowest BCUT2D eigenvalue weighted by molar-refractivity contribution is 0.102. The molecular weight excluding hydrogens is 356 g/mol. The number of hydrogen-bond acceptors (Lipinski definition) is 3. The second-order valence-corrected chi connectivity index (χ2v) is 6.12. The molecule has 0 aliphatic heterocycles.